The van der Waals surface area contributed by atoms with Crippen molar-refractivity contribution in [1.82, 2.24) is 24.8 Å². The van der Waals surface area contributed by atoms with E-state index in [1.54, 1.807) is 19.1 Å². The maximum absolute atomic E-state index is 14.6. The number of rotatable bonds is 6. The molecular formula is C18H18ClF2N7OS. The van der Waals surface area contributed by atoms with Gasteiger partial charge in [-0.1, -0.05) is 17.7 Å². The Bertz CT molecular complexity index is 1020. The first-order valence-electron chi connectivity index (χ1n) is 8.67. The first-order valence-corrected chi connectivity index (χ1v) is 9.46. The van der Waals surface area contributed by atoms with Gasteiger partial charge in [0.1, 0.15) is 35.7 Å². The van der Waals surface area contributed by atoms with E-state index in [1.165, 1.54) is 23.5 Å². The van der Waals surface area contributed by atoms with Crippen LogP contribution in [0.4, 0.5) is 14.6 Å². The summed E-state index contributed by atoms with van der Waals surface area (Å²) in [6.07, 6.45) is 4.05. The maximum atomic E-state index is 14.6. The number of anilines is 1. The van der Waals surface area contributed by atoms with Crippen LogP contribution in [0.1, 0.15) is 12.5 Å². The van der Waals surface area contributed by atoms with Crippen LogP contribution in [0.25, 0.3) is 0 Å². The average molecular weight is 454 g/mol. The summed E-state index contributed by atoms with van der Waals surface area (Å²) in [6, 6.07) is 5.11. The van der Waals surface area contributed by atoms with Crippen molar-refractivity contribution in [3.05, 3.63) is 71.4 Å². The Hall–Kier alpha value is -2.73. The summed E-state index contributed by atoms with van der Waals surface area (Å²) in [7, 11) is 0. The van der Waals surface area contributed by atoms with Gasteiger partial charge in [0.15, 0.2) is 5.11 Å². The van der Waals surface area contributed by atoms with Gasteiger partial charge < -0.3 is 10.4 Å². The number of thiocarbonyl (C=S) groups is 1. The Morgan fingerprint density at radius 1 is 1.40 bits per heavy atom. The molecule has 4 N–H and O–H groups in total. The molecule has 3 aromatic rings. The fraction of sp³-hybridized carbons (Fsp3) is 0.222. The normalized spacial score (nSPS) is 14.1. The van der Waals surface area contributed by atoms with Crippen molar-refractivity contribution >= 4 is 34.7 Å². The van der Waals surface area contributed by atoms with E-state index >= 15 is 0 Å². The summed E-state index contributed by atoms with van der Waals surface area (Å²) >= 11 is 11.1. The average Bonchev–Trinajstić information content (AvgIpc) is 3.21. The second kappa shape index (κ2) is 8.96. The highest BCUT2D eigenvalue weighted by Crippen LogP contribution is 2.32. The summed E-state index contributed by atoms with van der Waals surface area (Å²) in [6.45, 7) is 1.33. The molecule has 0 aliphatic carbocycles. The van der Waals surface area contributed by atoms with E-state index in [0.717, 1.165) is 17.1 Å². The number of hydrogen-bond acceptors (Lipinski definition) is 6. The van der Waals surface area contributed by atoms with Crippen LogP contribution < -0.4 is 11.2 Å². The summed E-state index contributed by atoms with van der Waals surface area (Å²) in [5.74, 6) is 4.81. The molecule has 0 fully saturated rings. The molecule has 3 rings (SSSR count). The molecule has 2 atom stereocenters. The number of nitrogens with one attached hydrogen (secondary N) is 1. The third-order valence-corrected chi connectivity index (χ3v) is 5.11. The van der Waals surface area contributed by atoms with Crippen molar-refractivity contribution < 1.29 is 13.9 Å². The van der Waals surface area contributed by atoms with Gasteiger partial charge in [-0.2, -0.15) is 5.10 Å². The van der Waals surface area contributed by atoms with Crippen LogP contribution >= 0.6 is 23.8 Å². The number of nitrogens with two attached hydrogens (primary N) is 1. The third kappa shape index (κ3) is 4.70. The molecule has 0 aliphatic heterocycles. The van der Waals surface area contributed by atoms with Crippen molar-refractivity contribution in [2.24, 2.45) is 5.84 Å². The Morgan fingerprint density at radius 3 is 2.77 bits per heavy atom. The Morgan fingerprint density at radius 2 is 2.17 bits per heavy atom. The minimum Gasteiger partial charge on any atom is -0.381 e. The number of aliphatic hydroxyl groups is 1. The predicted molar refractivity (Wildman–Crippen MR) is 111 cm³/mol. The van der Waals surface area contributed by atoms with Gasteiger partial charge in [-0.25, -0.2) is 29.3 Å². The van der Waals surface area contributed by atoms with Crippen molar-refractivity contribution in [3.8, 4) is 0 Å². The van der Waals surface area contributed by atoms with Crippen LogP contribution in [0, 0.1) is 11.6 Å². The molecule has 0 radical (unpaired) electrons. The lowest BCUT2D eigenvalue weighted by molar-refractivity contribution is -0.0457. The third-order valence-electron chi connectivity index (χ3n) is 4.57. The molecule has 0 saturated carbocycles. The van der Waals surface area contributed by atoms with Crippen molar-refractivity contribution in [3.63, 3.8) is 0 Å². The minimum absolute atomic E-state index is 0.0110. The van der Waals surface area contributed by atoms with E-state index in [0.29, 0.717) is 16.9 Å². The van der Waals surface area contributed by atoms with Gasteiger partial charge in [0.2, 0.25) is 0 Å². The number of pyridine rings is 1. The molecule has 0 aliphatic rings. The van der Waals surface area contributed by atoms with Gasteiger partial charge in [-0.05, 0) is 37.3 Å². The largest absolute Gasteiger partial charge is 0.381 e. The van der Waals surface area contributed by atoms with Crippen molar-refractivity contribution in [1.29, 1.82) is 0 Å². The summed E-state index contributed by atoms with van der Waals surface area (Å²) < 4.78 is 29.4. The number of hydrogen-bond donors (Lipinski definition) is 3. The van der Waals surface area contributed by atoms with Crippen LogP contribution in [0.2, 0.25) is 5.02 Å². The first kappa shape index (κ1) is 22.0. The lowest BCUT2D eigenvalue weighted by atomic mass is 9.86. The fourth-order valence-electron chi connectivity index (χ4n) is 2.87. The van der Waals surface area contributed by atoms with E-state index in [9.17, 15) is 13.9 Å². The van der Waals surface area contributed by atoms with Gasteiger partial charge in [0, 0.05) is 17.8 Å². The number of aromatic nitrogens is 4. The lowest BCUT2D eigenvalue weighted by Crippen LogP contribution is -2.57. The molecule has 0 saturated heterocycles. The Labute approximate surface area is 181 Å². The maximum Gasteiger partial charge on any atom is 0.189 e. The van der Waals surface area contributed by atoms with Gasteiger partial charge in [-0.3, -0.25) is 5.01 Å². The van der Waals surface area contributed by atoms with E-state index in [1.807, 2.05) is 0 Å². The molecule has 8 nitrogen and oxygen atoms in total. The lowest BCUT2D eigenvalue weighted by Gasteiger charge is -2.40. The van der Waals surface area contributed by atoms with E-state index < -0.39 is 23.3 Å². The van der Waals surface area contributed by atoms with Gasteiger partial charge in [0.05, 0.1) is 17.6 Å². The van der Waals surface area contributed by atoms with Crippen LogP contribution in [0.5, 0.6) is 0 Å². The van der Waals surface area contributed by atoms with E-state index in [-0.39, 0.29) is 17.2 Å². The molecule has 30 heavy (non-hydrogen) atoms. The standard InChI is InChI=1S/C18H18ClF2N7OS/c1-11(28(22)17(30)26-16-5-2-12(19)7-24-16)18(29,8-27-10-23-9-25-27)14-4-3-13(20)6-15(14)21/h2-7,9-11,29H,8,22H2,1H3,(H,24,26,30)/t11-,18-/m1/s1. The zero-order chi connectivity index (χ0) is 21.9. The predicted octanol–water partition coefficient (Wildman–Crippen LogP) is 2.45. The minimum atomic E-state index is -1.95. The van der Waals surface area contributed by atoms with Gasteiger partial charge in [0.25, 0.3) is 0 Å². The Kier molecular flexibility index (Phi) is 6.56. The number of nitrogens with zero attached hydrogens (tertiary/aromatic N) is 5. The van der Waals surface area contributed by atoms with Gasteiger partial charge in [-0.15, -0.1) is 0 Å². The van der Waals surface area contributed by atoms with Crippen molar-refractivity contribution in [2.75, 3.05) is 5.32 Å². The zero-order valence-electron chi connectivity index (χ0n) is 15.7. The molecule has 2 heterocycles. The number of benzene rings is 1. The van der Waals surface area contributed by atoms with Crippen LogP contribution in [-0.2, 0) is 12.1 Å². The molecule has 158 valence electrons. The molecule has 12 heteroatoms. The quantitative estimate of drug-likeness (QED) is 0.297. The SMILES string of the molecule is C[C@@H](N(N)C(=S)Nc1ccc(Cl)cn1)[C@](O)(Cn1cncn1)c1ccc(F)cc1F. The summed E-state index contributed by atoms with van der Waals surface area (Å²) in [4.78, 5) is 7.89. The molecule has 0 unspecified atom stereocenters. The smallest absolute Gasteiger partial charge is 0.189 e. The van der Waals surface area contributed by atoms with Crippen LogP contribution in [0.15, 0.2) is 49.2 Å². The van der Waals surface area contributed by atoms with Crippen molar-refractivity contribution in [2.45, 2.75) is 25.1 Å². The first-order chi connectivity index (χ1) is 14.2. The Balaban J connectivity index is 1.91. The second-order valence-electron chi connectivity index (χ2n) is 6.52. The molecule has 0 amide bonds. The highest BCUT2D eigenvalue weighted by Gasteiger charge is 2.42. The molecule has 2 aromatic heterocycles. The van der Waals surface area contributed by atoms with Gasteiger partial charge >= 0.3 is 0 Å². The topological polar surface area (TPSA) is 105 Å². The van der Waals surface area contributed by atoms with E-state index in [4.69, 9.17) is 29.7 Å². The molecular weight excluding hydrogens is 436 g/mol. The number of hydrazine groups is 1. The van der Waals surface area contributed by atoms with E-state index in [2.05, 4.69) is 20.4 Å². The van der Waals surface area contributed by atoms with Crippen LogP contribution in [0.3, 0.4) is 0 Å². The summed E-state index contributed by atoms with van der Waals surface area (Å²) in [5.41, 5.74) is -2.12. The fourth-order valence-corrected chi connectivity index (χ4v) is 3.25. The summed E-state index contributed by atoms with van der Waals surface area (Å²) in [5, 5.41) is 19.8. The highest BCUT2D eigenvalue weighted by atomic mass is 35.5. The number of halogens is 3. The van der Waals surface area contributed by atoms with Crippen LogP contribution in [-0.4, -0.2) is 41.0 Å². The molecule has 0 bridgehead atoms. The monoisotopic (exact) mass is 453 g/mol. The molecule has 0 spiro atoms. The highest BCUT2D eigenvalue weighted by molar-refractivity contribution is 7.80. The second-order valence-corrected chi connectivity index (χ2v) is 7.34. The zero-order valence-corrected chi connectivity index (χ0v) is 17.3. The molecule has 1 aromatic carbocycles.